The maximum absolute atomic E-state index is 11.5. The van der Waals surface area contributed by atoms with Crippen LogP contribution in [0.5, 0.6) is 0 Å². The van der Waals surface area contributed by atoms with E-state index in [2.05, 4.69) is 0 Å². The molecular weight excluding hydrogens is 159 g/mol. The standard InChI is InChI=1S/C8H19O2P/c1-4-7-11(9,10)8(5-2)6-3/h8H,4-7H2,1-3H3,(H,9,10). The van der Waals surface area contributed by atoms with Crippen molar-refractivity contribution in [3.8, 4) is 0 Å². The Morgan fingerprint density at radius 3 is 2.00 bits per heavy atom. The Hall–Kier alpha value is 0.190. The van der Waals surface area contributed by atoms with E-state index in [1.807, 2.05) is 20.8 Å². The van der Waals surface area contributed by atoms with Crippen LogP contribution < -0.4 is 0 Å². The van der Waals surface area contributed by atoms with Crippen molar-refractivity contribution in [1.82, 2.24) is 0 Å². The van der Waals surface area contributed by atoms with Gasteiger partial charge in [0.05, 0.1) is 0 Å². The van der Waals surface area contributed by atoms with Gasteiger partial charge < -0.3 is 4.89 Å². The summed E-state index contributed by atoms with van der Waals surface area (Å²) in [5.41, 5.74) is 0.0300. The van der Waals surface area contributed by atoms with E-state index in [0.29, 0.717) is 6.16 Å². The van der Waals surface area contributed by atoms with Crippen LogP contribution in [0.25, 0.3) is 0 Å². The number of rotatable bonds is 5. The van der Waals surface area contributed by atoms with Crippen molar-refractivity contribution in [2.45, 2.75) is 45.7 Å². The first kappa shape index (κ1) is 11.2. The quantitative estimate of drug-likeness (QED) is 0.657. The molecule has 1 N–H and O–H groups in total. The maximum atomic E-state index is 11.5. The van der Waals surface area contributed by atoms with Gasteiger partial charge in [0.15, 0.2) is 0 Å². The highest BCUT2D eigenvalue weighted by atomic mass is 31.2. The Morgan fingerprint density at radius 1 is 1.27 bits per heavy atom. The van der Waals surface area contributed by atoms with Crippen molar-refractivity contribution in [2.24, 2.45) is 0 Å². The summed E-state index contributed by atoms with van der Waals surface area (Å²) in [6.45, 7) is 5.91. The molecule has 0 saturated carbocycles. The van der Waals surface area contributed by atoms with Gasteiger partial charge in [0.1, 0.15) is 0 Å². The van der Waals surface area contributed by atoms with Gasteiger partial charge >= 0.3 is 0 Å². The zero-order valence-corrected chi connectivity index (χ0v) is 8.60. The summed E-state index contributed by atoms with van der Waals surface area (Å²) < 4.78 is 11.5. The second-order valence-corrected chi connectivity index (χ2v) is 5.64. The van der Waals surface area contributed by atoms with Crippen molar-refractivity contribution in [2.75, 3.05) is 6.16 Å². The van der Waals surface area contributed by atoms with Crippen LogP contribution in [-0.4, -0.2) is 16.7 Å². The molecule has 0 aromatic rings. The zero-order valence-electron chi connectivity index (χ0n) is 7.71. The lowest BCUT2D eigenvalue weighted by atomic mass is 10.3. The summed E-state index contributed by atoms with van der Waals surface area (Å²) >= 11 is 0. The zero-order chi connectivity index (χ0) is 8.91. The largest absolute Gasteiger partial charge is 0.344 e. The predicted octanol–water partition coefficient (Wildman–Crippen LogP) is 2.86. The van der Waals surface area contributed by atoms with Crippen molar-refractivity contribution < 1.29 is 9.46 Å². The second kappa shape index (κ2) is 4.95. The van der Waals surface area contributed by atoms with E-state index in [0.717, 1.165) is 19.3 Å². The average molecular weight is 178 g/mol. The average Bonchev–Trinajstić information content (AvgIpc) is 1.89. The molecule has 0 bridgehead atoms. The van der Waals surface area contributed by atoms with Crippen molar-refractivity contribution in [1.29, 1.82) is 0 Å². The van der Waals surface area contributed by atoms with Crippen LogP contribution in [0.3, 0.4) is 0 Å². The third kappa shape index (κ3) is 3.39. The summed E-state index contributed by atoms with van der Waals surface area (Å²) in [4.78, 5) is 9.53. The fraction of sp³-hybridized carbons (Fsp3) is 1.00. The molecule has 0 saturated heterocycles. The Labute approximate surface area is 69.5 Å². The van der Waals surface area contributed by atoms with E-state index in [1.165, 1.54) is 0 Å². The first-order valence-corrected chi connectivity index (χ1v) is 6.31. The predicted molar refractivity (Wildman–Crippen MR) is 49.4 cm³/mol. The molecule has 0 rings (SSSR count). The summed E-state index contributed by atoms with van der Waals surface area (Å²) in [6, 6.07) is 0. The molecule has 2 nitrogen and oxygen atoms in total. The van der Waals surface area contributed by atoms with Gasteiger partial charge in [-0.05, 0) is 19.3 Å². The molecule has 1 atom stereocenters. The van der Waals surface area contributed by atoms with Crippen molar-refractivity contribution >= 4 is 7.37 Å². The van der Waals surface area contributed by atoms with Crippen LogP contribution in [0.1, 0.15) is 40.0 Å². The molecule has 0 amide bonds. The molecule has 0 fully saturated rings. The molecule has 0 radical (unpaired) electrons. The van der Waals surface area contributed by atoms with E-state index < -0.39 is 7.37 Å². The maximum Gasteiger partial charge on any atom is 0.203 e. The molecule has 1 unspecified atom stereocenters. The number of hydrogen-bond donors (Lipinski definition) is 1. The monoisotopic (exact) mass is 178 g/mol. The van der Waals surface area contributed by atoms with Gasteiger partial charge in [-0.2, -0.15) is 0 Å². The fourth-order valence-corrected chi connectivity index (χ4v) is 3.51. The lowest BCUT2D eigenvalue weighted by Crippen LogP contribution is -2.07. The molecule has 11 heavy (non-hydrogen) atoms. The molecule has 0 heterocycles. The van der Waals surface area contributed by atoms with Gasteiger partial charge in [-0.1, -0.05) is 20.8 Å². The van der Waals surface area contributed by atoms with Crippen LogP contribution in [0.4, 0.5) is 0 Å². The minimum absolute atomic E-state index is 0.0300. The SMILES string of the molecule is CCCP(=O)(O)C(CC)CC. The molecule has 0 aromatic heterocycles. The molecule has 3 heteroatoms. The Balaban J connectivity index is 4.13. The van der Waals surface area contributed by atoms with Crippen LogP contribution in [0, 0.1) is 0 Å². The summed E-state index contributed by atoms with van der Waals surface area (Å²) in [6.07, 6.45) is 2.94. The highest BCUT2D eigenvalue weighted by Gasteiger charge is 2.26. The van der Waals surface area contributed by atoms with E-state index in [1.54, 1.807) is 0 Å². The molecular formula is C8H19O2P. The van der Waals surface area contributed by atoms with Gasteiger partial charge in [0.2, 0.25) is 7.37 Å². The molecule has 0 spiro atoms. The third-order valence-corrected chi connectivity index (χ3v) is 5.02. The Bertz CT molecular complexity index is 141. The lowest BCUT2D eigenvalue weighted by molar-refractivity contribution is 0.456. The number of hydrogen-bond acceptors (Lipinski definition) is 1. The smallest absolute Gasteiger partial charge is 0.203 e. The lowest BCUT2D eigenvalue weighted by Gasteiger charge is -2.19. The van der Waals surface area contributed by atoms with Crippen LogP contribution in [-0.2, 0) is 4.57 Å². The van der Waals surface area contributed by atoms with Crippen LogP contribution in [0.2, 0.25) is 0 Å². The van der Waals surface area contributed by atoms with Gasteiger partial charge in [0.25, 0.3) is 0 Å². The Kier molecular flexibility index (Phi) is 5.03. The first-order valence-electron chi connectivity index (χ1n) is 4.39. The minimum atomic E-state index is -2.80. The molecule has 0 aliphatic heterocycles. The fourth-order valence-electron chi connectivity index (χ4n) is 1.36. The summed E-state index contributed by atoms with van der Waals surface area (Å²) in [7, 11) is -2.80. The van der Waals surface area contributed by atoms with Crippen LogP contribution >= 0.6 is 7.37 Å². The Morgan fingerprint density at radius 2 is 1.73 bits per heavy atom. The highest BCUT2D eigenvalue weighted by molar-refractivity contribution is 7.58. The van der Waals surface area contributed by atoms with E-state index in [-0.39, 0.29) is 5.66 Å². The van der Waals surface area contributed by atoms with Crippen LogP contribution in [0.15, 0.2) is 0 Å². The molecule has 0 aromatic carbocycles. The van der Waals surface area contributed by atoms with E-state index in [4.69, 9.17) is 0 Å². The van der Waals surface area contributed by atoms with E-state index >= 15 is 0 Å². The normalized spacial score (nSPS) is 16.8. The molecule has 0 aliphatic carbocycles. The highest BCUT2D eigenvalue weighted by Crippen LogP contribution is 2.49. The molecule has 0 aliphatic rings. The minimum Gasteiger partial charge on any atom is -0.344 e. The van der Waals surface area contributed by atoms with Gasteiger partial charge in [-0.25, -0.2) is 0 Å². The summed E-state index contributed by atoms with van der Waals surface area (Å²) in [5.74, 6) is 0. The van der Waals surface area contributed by atoms with Crippen molar-refractivity contribution in [3.63, 3.8) is 0 Å². The topological polar surface area (TPSA) is 37.3 Å². The van der Waals surface area contributed by atoms with Gasteiger partial charge in [-0.15, -0.1) is 0 Å². The van der Waals surface area contributed by atoms with E-state index in [9.17, 15) is 9.46 Å². The first-order chi connectivity index (χ1) is 5.08. The van der Waals surface area contributed by atoms with Crippen molar-refractivity contribution in [3.05, 3.63) is 0 Å². The summed E-state index contributed by atoms with van der Waals surface area (Å²) in [5, 5.41) is 0. The second-order valence-electron chi connectivity index (χ2n) is 2.95. The third-order valence-electron chi connectivity index (χ3n) is 2.06. The van der Waals surface area contributed by atoms with Gasteiger partial charge in [0, 0.05) is 11.8 Å². The molecule has 68 valence electrons. The van der Waals surface area contributed by atoms with Gasteiger partial charge in [-0.3, -0.25) is 4.57 Å².